The summed E-state index contributed by atoms with van der Waals surface area (Å²) < 4.78 is 25.5. The Morgan fingerprint density at radius 1 is 1.00 bits per heavy atom. The van der Waals surface area contributed by atoms with Crippen molar-refractivity contribution in [1.82, 2.24) is 0 Å². The van der Waals surface area contributed by atoms with Crippen LogP contribution in [-0.4, -0.2) is 13.5 Å². The molecule has 0 aliphatic rings. The Balaban J connectivity index is 2.29. The van der Waals surface area contributed by atoms with Crippen LogP contribution in [0.1, 0.15) is 5.56 Å². The first-order chi connectivity index (χ1) is 10.4. The Morgan fingerprint density at radius 2 is 1.64 bits per heavy atom. The highest BCUT2D eigenvalue weighted by molar-refractivity contribution is 7.91. The van der Waals surface area contributed by atoms with Crippen molar-refractivity contribution in [2.24, 2.45) is 0 Å². The molecule has 0 radical (unpaired) electrons. The molecular formula is C17H15NO3S. The van der Waals surface area contributed by atoms with E-state index in [9.17, 15) is 13.5 Å². The van der Waals surface area contributed by atoms with Crippen molar-refractivity contribution in [3.05, 3.63) is 60.2 Å². The van der Waals surface area contributed by atoms with Gasteiger partial charge in [0.2, 0.25) is 9.84 Å². The van der Waals surface area contributed by atoms with Gasteiger partial charge < -0.3 is 10.8 Å². The number of sulfone groups is 1. The van der Waals surface area contributed by atoms with Gasteiger partial charge in [-0.1, -0.05) is 42.0 Å². The zero-order valence-electron chi connectivity index (χ0n) is 11.9. The Labute approximate surface area is 128 Å². The van der Waals surface area contributed by atoms with Crippen molar-refractivity contribution < 1.29 is 13.5 Å². The van der Waals surface area contributed by atoms with Crippen LogP contribution >= 0.6 is 0 Å². The molecule has 0 saturated carbocycles. The van der Waals surface area contributed by atoms with Crippen molar-refractivity contribution in [1.29, 1.82) is 0 Å². The second-order valence-electron chi connectivity index (χ2n) is 5.17. The minimum Gasteiger partial charge on any atom is -0.504 e. The number of hydrogen-bond donors (Lipinski definition) is 2. The molecule has 0 aliphatic carbocycles. The van der Waals surface area contributed by atoms with Crippen LogP contribution in [0.2, 0.25) is 0 Å². The molecule has 0 saturated heterocycles. The maximum absolute atomic E-state index is 12.7. The third kappa shape index (κ3) is 2.19. The van der Waals surface area contributed by atoms with Gasteiger partial charge in [0.15, 0.2) is 5.75 Å². The van der Waals surface area contributed by atoms with E-state index in [1.807, 2.05) is 6.92 Å². The SMILES string of the molecule is Cc1ccc(S(=O)(=O)c2cc3ccccc3c(N)c2O)cc1. The number of phenolic OH excluding ortho intramolecular Hbond substituents is 1. The van der Waals surface area contributed by atoms with Crippen molar-refractivity contribution in [2.45, 2.75) is 16.7 Å². The summed E-state index contributed by atoms with van der Waals surface area (Å²) in [6, 6.07) is 15.0. The number of nitrogen functional groups attached to an aromatic ring is 1. The van der Waals surface area contributed by atoms with Gasteiger partial charge in [0, 0.05) is 5.39 Å². The Morgan fingerprint density at radius 3 is 2.32 bits per heavy atom. The molecule has 0 spiro atoms. The first kappa shape index (κ1) is 14.4. The molecule has 22 heavy (non-hydrogen) atoms. The van der Waals surface area contributed by atoms with Gasteiger partial charge in [0.25, 0.3) is 0 Å². The van der Waals surface area contributed by atoms with Gasteiger partial charge in [-0.15, -0.1) is 0 Å². The summed E-state index contributed by atoms with van der Waals surface area (Å²) in [5.41, 5.74) is 6.94. The smallest absolute Gasteiger partial charge is 0.210 e. The van der Waals surface area contributed by atoms with Crippen molar-refractivity contribution in [2.75, 3.05) is 5.73 Å². The third-order valence-corrected chi connectivity index (χ3v) is 5.43. The first-order valence-electron chi connectivity index (χ1n) is 6.73. The molecule has 3 aromatic rings. The van der Waals surface area contributed by atoms with Gasteiger partial charge in [-0.25, -0.2) is 8.42 Å². The molecule has 0 aromatic heterocycles. The molecule has 3 aromatic carbocycles. The number of hydrogen-bond acceptors (Lipinski definition) is 4. The number of phenols is 1. The molecule has 0 unspecified atom stereocenters. The van der Waals surface area contributed by atoms with Crippen molar-refractivity contribution >= 4 is 26.3 Å². The predicted molar refractivity (Wildman–Crippen MR) is 86.7 cm³/mol. The van der Waals surface area contributed by atoms with Crippen LogP contribution in [0.15, 0.2) is 64.4 Å². The summed E-state index contributed by atoms with van der Waals surface area (Å²) in [4.78, 5) is -0.0457. The van der Waals surface area contributed by atoms with Crippen LogP contribution in [-0.2, 0) is 9.84 Å². The highest BCUT2D eigenvalue weighted by atomic mass is 32.2. The van der Waals surface area contributed by atoms with Crippen LogP contribution in [0.5, 0.6) is 5.75 Å². The van der Waals surface area contributed by atoms with Crippen LogP contribution in [0, 0.1) is 6.92 Å². The van der Waals surface area contributed by atoms with Crippen LogP contribution < -0.4 is 5.73 Å². The van der Waals surface area contributed by atoms with Crippen molar-refractivity contribution in [3.63, 3.8) is 0 Å². The molecule has 3 rings (SSSR count). The van der Waals surface area contributed by atoms with Crippen LogP contribution in [0.3, 0.4) is 0 Å². The molecule has 0 heterocycles. The van der Waals surface area contributed by atoms with E-state index in [1.54, 1.807) is 36.4 Å². The number of anilines is 1. The van der Waals surface area contributed by atoms with Gasteiger partial charge in [-0.05, 0) is 30.5 Å². The molecule has 0 atom stereocenters. The number of aromatic hydroxyl groups is 1. The highest BCUT2D eigenvalue weighted by Crippen LogP contribution is 2.38. The summed E-state index contributed by atoms with van der Waals surface area (Å²) >= 11 is 0. The van der Waals surface area contributed by atoms with Crippen molar-refractivity contribution in [3.8, 4) is 5.75 Å². The summed E-state index contributed by atoms with van der Waals surface area (Å²) in [7, 11) is -3.83. The molecule has 5 heteroatoms. The molecular weight excluding hydrogens is 298 g/mol. The molecule has 0 aliphatic heterocycles. The largest absolute Gasteiger partial charge is 0.504 e. The fourth-order valence-electron chi connectivity index (χ4n) is 2.39. The molecule has 0 amide bonds. The quantitative estimate of drug-likeness (QED) is 0.562. The summed E-state index contributed by atoms with van der Waals surface area (Å²) in [6.07, 6.45) is 0. The van der Waals surface area contributed by atoms with E-state index in [0.29, 0.717) is 10.8 Å². The average Bonchev–Trinajstić information content (AvgIpc) is 2.51. The summed E-state index contributed by atoms with van der Waals surface area (Å²) in [6.45, 7) is 1.88. The minimum atomic E-state index is -3.83. The minimum absolute atomic E-state index is 0.0730. The van der Waals surface area contributed by atoms with E-state index in [-0.39, 0.29) is 15.5 Å². The second kappa shape index (κ2) is 5.03. The zero-order chi connectivity index (χ0) is 15.9. The lowest BCUT2D eigenvalue weighted by Crippen LogP contribution is -2.04. The van der Waals surface area contributed by atoms with E-state index < -0.39 is 15.6 Å². The molecule has 0 bridgehead atoms. The fourth-order valence-corrected chi connectivity index (χ4v) is 3.78. The maximum atomic E-state index is 12.7. The Hall–Kier alpha value is -2.53. The molecule has 4 nitrogen and oxygen atoms in total. The third-order valence-electron chi connectivity index (χ3n) is 3.65. The van der Waals surface area contributed by atoms with E-state index in [2.05, 4.69) is 0 Å². The Kier molecular flexibility index (Phi) is 3.30. The van der Waals surface area contributed by atoms with Gasteiger partial charge in [0.1, 0.15) is 4.90 Å². The normalized spacial score (nSPS) is 11.7. The number of nitrogens with two attached hydrogens (primary N) is 1. The predicted octanol–water partition coefficient (Wildman–Crippen LogP) is 3.27. The molecule has 3 N–H and O–H groups in total. The van der Waals surface area contributed by atoms with Gasteiger partial charge in [-0.2, -0.15) is 0 Å². The molecule has 112 valence electrons. The van der Waals surface area contributed by atoms with E-state index in [0.717, 1.165) is 5.56 Å². The number of fused-ring (bicyclic) bond motifs is 1. The average molecular weight is 313 g/mol. The van der Waals surface area contributed by atoms with E-state index in [4.69, 9.17) is 5.73 Å². The second-order valence-corrected chi connectivity index (χ2v) is 7.09. The lowest BCUT2D eigenvalue weighted by Gasteiger charge is -2.11. The lowest BCUT2D eigenvalue weighted by atomic mass is 10.1. The maximum Gasteiger partial charge on any atom is 0.210 e. The Bertz CT molecular complexity index is 961. The van der Waals surface area contributed by atoms with Gasteiger partial charge in [-0.3, -0.25) is 0 Å². The highest BCUT2D eigenvalue weighted by Gasteiger charge is 2.24. The summed E-state index contributed by atoms with van der Waals surface area (Å²) in [5, 5.41) is 11.5. The van der Waals surface area contributed by atoms with E-state index >= 15 is 0 Å². The molecule has 0 fully saturated rings. The zero-order valence-corrected chi connectivity index (χ0v) is 12.8. The van der Waals surface area contributed by atoms with E-state index in [1.165, 1.54) is 18.2 Å². The van der Waals surface area contributed by atoms with Crippen LogP contribution in [0.4, 0.5) is 5.69 Å². The summed E-state index contributed by atoms with van der Waals surface area (Å²) in [5.74, 6) is -0.403. The monoisotopic (exact) mass is 313 g/mol. The fraction of sp³-hybridized carbons (Fsp3) is 0.0588. The van der Waals surface area contributed by atoms with Gasteiger partial charge in [0.05, 0.1) is 10.6 Å². The van der Waals surface area contributed by atoms with Gasteiger partial charge >= 0.3 is 0 Å². The van der Waals surface area contributed by atoms with Crippen LogP contribution in [0.25, 0.3) is 10.8 Å². The number of benzene rings is 3. The first-order valence-corrected chi connectivity index (χ1v) is 8.21. The number of rotatable bonds is 2. The number of aryl methyl sites for hydroxylation is 1. The lowest BCUT2D eigenvalue weighted by molar-refractivity contribution is 0.462. The standard InChI is InChI=1S/C17H15NO3S/c1-11-6-8-13(9-7-11)22(20,21)15-10-12-4-2-3-5-14(12)16(18)17(15)19/h2-10,19H,18H2,1H3. The topological polar surface area (TPSA) is 80.4 Å².